The number of carbonyl (C=O) groups is 1. The third kappa shape index (κ3) is 7.16. The maximum atomic E-state index is 11.7. The normalized spacial score (nSPS) is 10.4. The van der Waals surface area contributed by atoms with E-state index in [0.717, 1.165) is 31.0 Å². The van der Waals surface area contributed by atoms with Crippen LogP contribution in [-0.4, -0.2) is 42.7 Å². The Balaban J connectivity index is 2.17. The van der Waals surface area contributed by atoms with E-state index in [1.165, 1.54) is 0 Å². The van der Waals surface area contributed by atoms with E-state index in [0.29, 0.717) is 17.9 Å². The van der Waals surface area contributed by atoms with E-state index in [2.05, 4.69) is 30.1 Å². The molecule has 0 saturated carbocycles. The summed E-state index contributed by atoms with van der Waals surface area (Å²) in [4.78, 5) is 14.0. The van der Waals surface area contributed by atoms with E-state index >= 15 is 0 Å². The van der Waals surface area contributed by atoms with Gasteiger partial charge >= 0.3 is 0 Å². The number of likely N-dealkylation sites (N-methyl/N-ethyl adjacent to an activating group) is 1. The molecule has 0 aliphatic rings. The lowest BCUT2D eigenvalue weighted by Crippen LogP contribution is -2.35. The van der Waals surface area contributed by atoms with Crippen LogP contribution in [0.5, 0.6) is 0 Å². The zero-order chi connectivity index (χ0) is 15.5. The number of rotatable bonds is 9. The number of thioether (sulfide) groups is 1. The fraction of sp³-hybridized carbons (Fsp3) is 0.500. The van der Waals surface area contributed by atoms with Crippen LogP contribution in [0.1, 0.15) is 25.0 Å². The molecule has 1 aromatic carbocycles. The topological polar surface area (TPSA) is 56.1 Å². The van der Waals surface area contributed by atoms with Crippen molar-refractivity contribution in [2.45, 2.75) is 19.6 Å². The first-order chi connectivity index (χ1) is 10.2. The van der Waals surface area contributed by atoms with Crippen LogP contribution in [0.4, 0.5) is 0 Å². The molecule has 0 atom stereocenters. The number of nitriles is 1. The summed E-state index contributed by atoms with van der Waals surface area (Å²) in [6.45, 7) is 7.88. The van der Waals surface area contributed by atoms with Crippen LogP contribution in [0, 0.1) is 11.3 Å². The molecule has 1 N–H and O–H groups in total. The molecule has 0 aliphatic carbocycles. The predicted molar refractivity (Wildman–Crippen MR) is 88.1 cm³/mol. The van der Waals surface area contributed by atoms with Gasteiger partial charge in [-0.15, -0.1) is 11.8 Å². The van der Waals surface area contributed by atoms with Crippen LogP contribution in [0.2, 0.25) is 0 Å². The average molecular weight is 305 g/mol. The maximum absolute atomic E-state index is 11.7. The van der Waals surface area contributed by atoms with Crippen LogP contribution in [-0.2, 0) is 10.5 Å². The molecule has 0 aliphatic heterocycles. The lowest BCUT2D eigenvalue weighted by Gasteiger charge is -2.17. The van der Waals surface area contributed by atoms with Crippen molar-refractivity contribution in [2.75, 3.05) is 31.9 Å². The van der Waals surface area contributed by atoms with E-state index < -0.39 is 0 Å². The van der Waals surface area contributed by atoms with Crippen molar-refractivity contribution in [1.29, 1.82) is 5.26 Å². The fourth-order valence-corrected chi connectivity index (χ4v) is 2.70. The molecule has 1 amide bonds. The first-order valence-corrected chi connectivity index (χ1v) is 8.40. The summed E-state index contributed by atoms with van der Waals surface area (Å²) in [5, 5.41) is 11.7. The minimum absolute atomic E-state index is 0.0841. The predicted octanol–water partition coefficient (Wildman–Crippen LogP) is 2.25. The average Bonchev–Trinajstić information content (AvgIpc) is 2.52. The highest BCUT2D eigenvalue weighted by Gasteiger charge is 2.03. The number of nitrogens with zero attached hydrogens (tertiary/aromatic N) is 2. The molecule has 1 rings (SSSR count). The molecule has 114 valence electrons. The Morgan fingerprint density at radius 2 is 1.95 bits per heavy atom. The minimum Gasteiger partial charge on any atom is -0.354 e. The van der Waals surface area contributed by atoms with Crippen molar-refractivity contribution < 1.29 is 4.79 Å². The van der Waals surface area contributed by atoms with Gasteiger partial charge in [-0.1, -0.05) is 26.0 Å². The smallest absolute Gasteiger partial charge is 0.230 e. The molecule has 5 heteroatoms. The highest BCUT2D eigenvalue weighted by Crippen LogP contribution is 2.12. The van der Waals surface area contributed by atoms with Gasteiger partial charge in [0, 0.05) is 18.8 Å². The molecule has 0 heterocycles. The molecule has 0 unspecified atom stereocenters. The fourth-order valence-electron chi connectivity index (χ4n) is 1.88. The van der Waals surface area contributed by atoms with Gasteiger partial charge in [0.2, 0.25) is 5.91 Å². The molecule has 0 aromatic heterocycles. The van der Waals surface area contributed by atoms with Crippen molar-refractivity contribution in [3.8, 4) is 6.07 Å². The van der Waals surface area contributed by atoms with E-state index in [1.807, 2.05) is 12.1 Å². The first kappa shape index (κ1) is 17.5. The number of benzene rings is 1. The summed E-state index contributed by atoms with van der Waals surface area (Å²) < 4.78 is 0. The number of nitrogens with one attached hydrogen (secondary N) is 1. The van der Waals surface area contributed by atoms with Gasteiger partial charge in [-0.3, -0.25) is 4.79 Å². The molecule has 0 fully saturated rings. The van der Waals surface area contributed by atoms with E-state index in [9.17, 15) is 4.79 Å². The molecular weight excluding hydrogens is 282 g/mol. The van der Waals surface area contributed by atoms with Crippen LogP contribution in [0.3, 0.4) is 0 Å². The number of amides is 1. The SMILES string of the molecule is CCN(CC)CCNC(=O)CSCc1ccc(C#N)cc1. The van der Waals surface area contributed by atoms with Gasteiger partial charge in [-0.25, -0.2) is 0 Å². The van der Waals surface area contributed by atoms with E-state index in [4.69, 9.17) is 5.26 Å². The second-order valence-corrected chi connectivity index (χ2v) is 5.66. The second kappa shape index (κ2) is 10.3. The molecule has 0 saturated heterocycles. The molecule has 0 spiro atoms. The molecule has 0 bridgehead atoms. The van der Waals surface area contributed by atoms with Gasteiger partial charge in [-0.05, 0) is 30.8 Å². The van der Waals surface area contributed by atoms with Crippen molar-refractivity contribution in [3.63, 3.8) is 0 Å². The Bertz CT molecular complexity index is 463. The standard InChI is InChI=1S/C16H23N3OS/c1-3-19(4-2)10-9-18-16(20)13-21-12-15-7-5-14(11-17)6-8-15/h5-8H,3-4,9-10,12-13H2,1-2H3,(H,18,20). The number of hydrogen-bond acceptors (Lipinski definition) is 4. The molecular formula is C16H23N3OS. The largest absolute Gasteiger partial charge is 0.354 e. The van der Waals surface area contributed by atoms with Crippen molar-refractivity contribution in [3.05, 3.63) is 35.4 Å². The van der Waals surface area contributed by atoms with Crippen molar-refractivity contribution in [1.82, 2.24) is 10.2 Å². The Labute approximate surface area is 131 Å². The minimum atomic E-state index is 0.0841. The Hall–Kier alpha value is -1.51. The zero-order valence-electron chi connectivity index (χ0n) is 12.8. The van der Waals surface area contributed by atoms with Crippen LogP contribution >= 0.6 is 11.8 Å². The number of hydrogen-bond donors (Lipinski definition) is 1. The highest BCUT2D eigenvalue weighted by molar-refractivity contribution is 7.99. The second-order valence-electron chi connectivity index (χ2n) is 4.68. The first-order valence-electron chi connectivity index (χ1n) is 7.25. The number of carbonyl (C=O) groups excluding carboxylic acids is 1. The summed E-state index contributed by atoms with van der Waals surface area (Å²) in [6.07, 6.45) is 0. The van der Waals surface area contributed by atoms with Gasteiger partial charge in [-0.2, -0.15) is 5.26 Å². The lowest BCUT2D eigenvalue weighted by atomic mass is 10.2. The Morgan fingerprint density at radius 1 is 1.29 bits per heavy atom. The van der Waals surface area contributed by atoms with Crippen LogP contribution in [0.15, 0.2) is 24.3 Å². The Morgan fingerprint density at radius 3 is 2.52 bits per heavy atom. The summed E-state index contributed by atoms with van der Waals surface area (Å²) in [5.74, 6) is 1.34. The monoisotopic (exact) mass is 305 g/mol. The van der Waals surface area contributed by atoms with Gasteiger partial charge in [0.15, 0.2) is 0 Å². The van der Waals surface area contributed by atoms with E-state index in [-0.39, 0.29) is 5.91 Å². The zero-order valence-corrected chi connectivity index (χ0v) is 13.6. The van der Waals surface area contributed by atoms with Crippen molar-refractivity contribution >= 4 is 17.7 Å². The molecule has 0 radical (unpaired) electrons. The van der Waals surface area contributed by atoms with Gasteiger partial charge < -0.3 is 10.2 Å². The van der Waals surface area contributed by atoms with Gasteiger partial charge in [0.05, 0.1) is 17.4 Å². The quantitative estimate of drug-likeness (QED) is 0.760. The highest BCUT2D eigenvalue weighted by atomic mass is 32.2. The van der Waals surface area contributed by atoms with Crippen LogP contribution in [0.25, 0.3) is 0 Å². The lowest BCUT2D eigenvalue weighted by molar-refractivity contribution is -0.118. The van der Waals surface area contributed by atoms with E-state index in [1.54, 1.807) is 23.9 Å². The summed E-state index contributed by atoms with van der Waals surface area (Å²) >= 11 is 1.59. The molecule has 1 aromatic rings. The van der Waals surface area contributed by atoms with Crippen LogP contribution < -0.4 is 5.32 Å². The molecule has 4 nitrogen and oxygen atoms in total. The summed E-state index contributed by atoms with van der Waals surface area (Å²) in [7, 11) is 0. The Kier molecular flexibility index (Phi) is 8.56. The van der Waals surface area contributed by atoms with Crippen molar-refractivity contribution in [2.24, 2.45) is 0 Å². The third-order valence-electron chi connectivity index (χ3n) is 3.23. The third-order valence-corrected chi connectivity index (χ3v) is 4.23. The van der Waals surface area contributed by atoms with Gasteiger partial charge in [0.25, 0.3) is 0 Å². The van der Waals surface area contributed by atoms with Gasteiger partial charge in [0.1, 0.15) is 0 Å². The summed E-state index contributed by atoms with van der Waals surface area (Å²) in [5.41, 5.74) is 1.80. The maximum Gasteiger partial charge on any atom is 0.230 e. The summed E-state index contributed by atoms with van der Waals surface area (Å²) in [6, 6.07) is 9.58. The molecule has 21 heavy (non-hydrogen) atoms.